The standard InChI is InChI=1S/C10H19N3O/c1-4-14-6-5-12(2)8-10-7-11-13(3)9-10/h7,9H,4-6,8H2,1-3H3. The molecule has 0 unspecified atom stereocenters. The largest absolute Gasteiger partial charge is 0.380 e. The predicted molar refractivity (Wildman–Crippen MR) is 56.0 cm³/mol. The average molecular weight is 197 g/mol. The monoisotopic (exact) mass is 197 g/mol. The van der Waals surface area contributed by atoms with E-state index in [-0.39, 0.29) is 0 Å². The summed E-state index contributed by atoms with van der Waals surface area (Å²) >= 11 is 0. The van der Waals surface area contributed by atoms with Crippen molar-refractivity contribution in [2.24, 2.45) is 7.05 Å². The van der Waals surface area contributed by atoms with Crippen molar-refractivity contribution >= 4 is 0 Å². The van der Waals surface area contributed by atoms with Crippen molar-refractivity contribution in [2.45, 2.75) is 13.5 Å². The van der Waals surface area contributed by atoms with E-state index in [0.717, 1.165) is 26.3 Å². The Balaban J connectivity index is 2.23. The third kappa shape index (κ3) is 3.89. The number of hydrogen-bond acceptors (Lipinski definition) is 3. The summed E-state index contributed by atoms with van der Waals surface area (Å²) in [5.74, 6) is 0. The molecule has 1 aromatic rings. The second-order valence-corrected chi connectivity index (χ2v) is 3.46. The molecule has 0 aromatic carbocycles. The maximum atomic E-state index is 5.28. The van der Waals surface area contributed by atoms with Gasteiger partial charge in [-0.2, -0.15) is 5.10 Å². The van der Waals surface area contributed by atoms with E-state index < -0.39 is 0 Å². The minimum atomic E-state index is 0.792. The van der Waals surface area contributed by atoms with Crippen molar-refractivity contribution in [3.63, 3.8) is 0 Å². The molecule has 0 N–H and O–H groups in total. The molecule has 0 saturated heterocycles. The summed E-state index contributed by atoms with van der Waals surface area (Å²) in [6.07, 6.45) is 3.94. The molecule has 0 atom stereocenters. The third-order valence-electron chi connectivity index (χ3n) is 2.03. The van der Waals surface area contributed by atoms with Gasteiger partial charge in [0.25, 0.3) is 0 Å². The van der Waals surface area contributed by atoms with Crippen LogP contribution in [0.4, 0.5) is 0 Å². The van der Waals surface area contributed by atoms with Crippen LogP contribution in [0.1, 0.15) is 12.5 Å². The van der Waals surface area contributed by atoms with E-state index in [1.54, 1.807) is 0 Å². The number of ether oxygens (including phenoxy) is 1. The molecular formula is C10H19N3O. The van der Waals surface area contributed by atoms with Gasteiger partial charge in [0, 0.05) is 38.5 Å². The first-order valence-electron chi connectivity index (χ1n) is 4.96. The van der Waals surface area contributed by atoms with Gasteiger partial charge >= 0.3 is 0 Å². The van der Waals surface area contributed by atoms with Crippen LogP contribution < -0.4 is 0 Å². The topological polar surface area (TPSA) is 30.3 Å². The Labute approximate surface area is 85.5 Å². The van der Waals surface area contributed by atoms with E-state index in [1.165, 1.54) is 5.56 Å². The number of hydrogen-bond donors (Lipinski definition) is 0. The van der Waals surface area contributed by atoms with E-state index in [2.05, 4.69) is 17.0 Å². The summed E-state index contributed by atoms with van der Waals surface area (Å²) < 4.78 is 7.11. The number of likely N-dealkylation sites (N-methyl/N-ethyl adjacent to an activating group) is 1. The first-order valence-corrected chi connectivity index (χ1v) is 4.96. The second kappa shape index (κ2) is 5.78. The first-order chi connectivity index (χ1) is 6.72. The normalized spacial score (nSPS) is 11.1. The summed E-state index contributed by atoms with van der Waals surface area (Å²) in [7, 11) is 4.02. The van der Waals surface area contributed by atoms with E-state index in [9.17, 15) is 0 Å². The Morgan fingerprint density at radius 2 is 2.36 bits per heavy atom. The minimum Gasteiger partial charge on any atom is -0.380 e. The molecule has 0 aliphatic rings. The summed E-state index contributed by atoms with van der Waals surface area (Å²) in [5, 5.41) is 4.12. The van der Waals surface area contributed by atoms with Crippen LogP contribution in [0.25, 0.3) is 0 Å². The SMILES string of the molecule is CCOCCN(C)Cc1cnn(C)c1. The quantitative estimate of drug-likeness (QED) is 0.634. The lowest BCUT2D eigenvalue weighted by molar-refractivity contribution is 0.120. The summed E-state index contributed by atoms with van der Waals surface area (Å²) in [6.45, 7) is 5.50. The zero-order valence-corrected chi connectivity index (χ0v) is 9.23. The van der Waals surface area contributed by atoms with Crippen LogP contribution >= 0.6 is 0 Å². The lowest BCUT2D eigenvalue weighted by Gasteiger charge is -2.14. The van der Waals surface area contributed by atoms with E-state index >= 15 is 0 Å². The van der Waals surface area contributed by atoms with Crippen molar-refractivity contribution < 1.29 is 4.74 Å². The average Bonchev–Trinajstić information content (AvgIpc) is 2.52. The van der Waals surface area contributed by atoms with Gasteiger partial charge in [0.05, 0.1) is 12.8 Å². The van der Waals surface area contributed by atoms with Crippen LogP contribution in [0.2, 0.25) is 0 Å². The van der Waals surface area contributed by atoms with Crippen molar-refractivity contribution in [3.05, 3.63) is 18.0 Å². The zero-order chi connectivity index (χ0) is 10.4. The van der Waals surface area contributed by atoms with Crippen LogP contribution in [0, 0.1) is 0 Å². The molecule has 1 rings (SSSR count). The Morgan fingerprint density at radius 3 is 2.93 bits per heavy atom. The maximum absolute atomic E-state index is 5.28. The fraction of sp³-hybridized carbons (Fsp3) is 0.700. The Hall–Kier alpha value is -0.870. The van der Waals surface area contributed by atoms with Crippen molar-refractivity contribution in [2.75, 3.05) is 26.8 Å². The van der Waals surface area contributed by atoms with Gasteiger partial charge in [-0.15, -0.1) is 0 Å². The molecule has 0 radical (unpaired) electrons. The fourth-order valence-corrected chi connectivity index (χ4v) is 1.31. The summed E-state index contributed by atoms with van der Waals surface area (Å²) in [6, 6.07) is 0. The van der Waals surface area contributed by atoms with Crippen LogP contribution in [0.3, 0.4) is 0 Å². The van der Waals surface area contributed by atoms with Gasteiger partial charge in [-0.05, 0) is 14.0 Å². The Kier molecular flexibility index (Phi) is 4.62. The molecule has 0 fully saturated rings. The second-order valence-electron chi connectivity index (χ2n) is 3.46. The van der Waals surface area contributed by atoms with Gasteiger partial charge in [0.1, 0.15) is 0 Å². The fourth-order valence-electron chi connectivity index (χ4n) is 1.31. The molecule has 1 aromatic heterocycles. The molecule has 1 heterocycles. The van der Waals surface area contributed by atoms with Gasteiger partial charge in [-0.3, -0.25) is 9.58 Å². The number of aryl methyl sites for hydroxylation is 1. The van der Waals surface area contributed by atoms with Crippen LogP contribution in [0.5, 0.6) is 0 Å². The lowest BCUT2D eigenvalue weighted by Crippen LogP contribution is -2.22. The molecule has 4 nitrogen and oxygen atoms in total. The maximum Gasteiger partial charge on any atom is 0.0593 e. The molecule has 0 bridgehead atoms. The molecule has 4 heteroatoms. The molecular weight excluding hydrogens is 178 g/mol. The number of nitrogens with zero attached hydrogens (tertiary/aromatic N) is 3. The summed E-state index contributed by atoms with van der Waals surface area (Å²) in [5.41, 5.74) is 1.24. The summed E-state index contributed by atoms with van der Waals surface area (Å²) in [4.78, 5) is 2.23. The zero-order valence-electron chi connectivity index (χ0n) is 9.23. The molecule has 0 aliphatic carbocycles. The van der Waals surface area contributed by atoms with Crippen molar-refractivity contribution in [1.82, 2.24) is 14.7 Å². The highest BCUT2D eigenvalue weighted by atomic mass is 16.5. The Bertz CT molecular complexity index is 260. The van der Waals surface area contributed by atoms with Gasteiger partial charge in [-0.1, -0.05) is 0 Å². The smallest absolute Gasteiger partial charge is 0.0593 e. The van der Waals surface area contributed by atoms with Crippen LogP contribution in [0.15, 0.2) is 12.4 Å². The minimum absolute atomic E-state index is 0.792. The highest BCUT2D eigenvalue weighted by Crippen LogP contribution is 2.00. The third-order valence-corrected chi connectivity index (χ3v) is 2.03. The first kappa shape index (κ1) is 11.2. The lowest BCUT2D eigenvalue weighted by atomic mass is 10.3. The van der Waals surface area contributed by atoms with E-state index in [4.69, 9.17) is 4.74 Å². The molecule has 0 saturated carbocycles. The molecule has 0 amide bonds. The molecule has 0 spiro atoms. The highest BCUT2D eigenvalue weighted by molar-refractivity contribution is 5.02. The molecule has 80 valence electrons. The van der Waals surface area contributed by atoms with Gasteiger partial charge in [0.15, 0.2) is 0 Å². The van der Waals surface area contributed by atoms with Gasteiger partial charge in [-0.25, -0.2) is 0 Å². The number of aromatic nitrogens is 2. The van der Waals surface area contributed by atoms with Gasteiger partial charge < -0.3 is 4.74 Å². The molecule has 0 aliphatic heterocycles. The van der Waals surface area contributed by atoms with Gasteiger partial charge in [0.2, 0.25) is 0 Å². The van der Waals surface area contributed by atoms with Crippen molar-refractivity contribution in [3.8, 4) is 0 Å². The molecule has 14 heavy (non-hydrogen) atoms. The Morgan fingerprint density at radius 1 is 1.57 bits per heavy atom. The van der Waals surface area contributed by atoms with E-state index in [1.807, 2.05) is 31.0 Å². The predicted octanol–water partition coefficient (Wildman–Crippen LogP) is 0.888. The van der Waals surface area contributed by atoms with Crippen molar-refractivity contribution in [1.29, 1.82) is 0 Å². The van der Waals surface area contributed by atoms with Crippen LogP contribution in [-0.2, 0) is 18.3 Å². The number of rotatable bonds is 6. The van der Waals surface area contributed by atoms with Crippen LogP contribution in [-0.4, -0.2) is 41.5 Å². The highest BCUT2D eigenvalue weighted by Gasteiger charge is 2.01. The van der Waals surface area contributed by atoms with E-state index in [0.29, 0.717) is 0 Å².